The maximum atomic E-state index is 2.54. The van der Waals surface area contributed by atoms with Gasteiger partial charge in [-0.3, -0.25) is 0 Å². The average Bonchev–Trinajstić information content (AvgIpc) is 3.56. The zero-order valence-electron chi connectivity index (χ0n) is 34.5. The van der Waals surface area contributed by atoms with Gasteiger partial charge >= 0.3 is 0 Å². The molecule has 0 fully saturated rings. The molecule has 11 rings (SSSR count). The van der Waals surface area contributed by atoms with Crippen LogP contribution >= 0.6 is 0 Å². The lowest BCUT2D eigenvalue weighted by Gasteiger charge is -2.38. The molecule has 0 saturated carbocycles. The highest BCUT2D eigenvalue weighted by atomic mass is 28.3. The van der Waals surface area contributed by atoms with E-state index in [1.165, 1.54) is 81.4 Å². The minimum Gasteiger partial charge on any atom is -0.309 e. The summed E-state index contributed by atoms with van der Waals surface area (Å²) in [5, 5.41) is 10.5. The Morgan fingerprint density at radius 2 is 0.754 bits per heavy atom. The maximum absolute atomic E-state index is 2.98. The molecule has 0 aliphatic heterocycles. The third-order valence-electron chi connectivity index (χ3n) is 13.2. The van der Waals surface area contributed by atoms with Crippen LogP contribution in [0, 0.1) is 0 Å². The van der Waals surface area contributed by atoms with Gasteiger partial charge in [-0.1, -0.05) is 226 Å². The van der Waals surface area contributed by atoms with Gasteiger partial charge in [0, 0.05) is 27.6 Å². The van der Waals surface area contributed by atoms with Crippen molar-refractivity contribution in [3.63, 3.8) is 0 Å². The van der Waals surface area contributed by atoms with Crippen LogP contribution in [-0.2, 0) is 5.41 Å². The summed E-state index contributed by atoms with van der Waals surface area (Å²) in [6.07, 6.45) is 0. The topological polar surface area (TPSA) is 3.24 Å². The van der Waals surface area contributed by atoms with Gasteiger partial charge in [0.2, 0.25) is 0 Å². The average molecular weight is 796 g/mol. The molecule has 0 saturated heterocycles. The zero-order valence-corrected chi connectivity index (χ0v) is 35.5. The lowest BCUT2D eigenvalue weighted by molar-refractivity contribution is 0.660. The Balaban J connectivity index is 1.25. The molecule has 2 heteroatoms. The second-order valence-corrected chi connectivity index (χ2v) is 20.5. The molecular formula is C59H45NSi. The summed E-state index contributed by atoms with van der Waals surface area (Å²) in [4.78, 5) is 2.54. The molecule has 1 nitrogen and oxygen atoms in total. The van der Waals surface area contributed by atoms with Gasteiger partial charge in [0.1, 0.15) is 0 Å². The van der Waals surface area contributed by atoms with E-state index < -0.39 is 8.07 Å². The van der Waals surface area contributed by atoms with Gasteiger partial charge in [-0.25, -0.2) is 0 Å². The first-order valence-corrected chi connectivity index (χ1v) is 23.4. The Kier molecular flexibility index (Phi) is 8.91. The van der Waals surface area contributed by atoms with Crippen LogP contribution in [0.4, 0.5) is 17.1 Å². The lowest BCUT2D eigenvalue weighted by Crippen LogP contribution is -2.75. The highest BCUT2D eigenvalue weighted by molar-refractivity contribution is 7.21. The van der Waals surface area contributed by atoms with Crippen molar-refractivity contribution in [3.8, 4) is 22.3 Å². The van der Waals surface area contributed by atoms with Crippen molar-refractivity contribution < 1.29 is 0 Å². The summed E-state index contributed by atoms with van der Waals surface area (Å²) in [6.45, 7) is 4.75. The first-order chi connectivity index (χ1) is 30.0. The third-order valence-corrected chi connectivity index (χ3v) is 18.1. The van der Waals surface area contributed by atoms with E-state index in [1.54, 1.807) is 0 Å². The van der Waals surface area contributed by atoms with E-state index in [0.29, 0.717) is 0 Å². The van der Waals surface area contributed by atoms with Gasteiger partial charge < -0.3 is 4.90 Å². The predicted molar refractivity (Wildman–Crippen MR) is 263 cm³/mol. The van der Waals surface area contributed by atoms with Gasteiger partial charge in [-0.2, -0.15) is 0 Å². The Hall–Kier alpha value is -7.26. The van der Waals surface area contributed by atoms with Crippen LogP contribution in [0.25, 0.3) is 43.8 Å². The van der Waals surface area contributed by atoms with Gasteiger partial charge in [0.25, 0.3) is 0 Å². The summed E-state index contributed by atoms with van der Waals surface area (Å²) in [7, 11) is -2.98. The fourth-order valence-corrected chi connectivity index (χ4v) is 15.6. The van der Waals surface area contributed by atoms with E-state index in [0.717, 1.165) is 11.4 Å². The first kappa shape index (κ1) is 36.8. The van der Waals surface area contributed by atoms with Crippen molar-refractivity contribution in [2.75, 3.05) is 4.90 Å². The minimum atomic E-state index is -2.98. The van der Waals surface area contributed by atoms with E-state index in [4.69, 9.17) is 0 Å². The maximum Gasteiger partial charge on any atom is 0.180 e. The number of benzene rings is 10. The Morgan fingerprint density at radius 1 is 0.344 bits per heavy atom. The molecule has 0 spiro atoms. The summed E-state index contributed by atoms with van der Waals surface area (Å²) in [5.74, 6) is 0. The second kappa shape index (κ2) is 14.8. The molecule has 0 aromatic heterocycles. The van der Waals surface area contributed by atoms with Crippen LogP contribution in [0.1, 0.15) is 25.0 Å². The number of nitrogens with zero attached hydrogens (tertiary/aromatic N) is 1. The molecule has 10 aromatic carbocycles. The Bertz CT molecular complexity index is 3040. The molecule has 0 heterocycles. The predicted octanol–water partition coefficient (Wildman–Crippen LogP) is 12.8. The standard InChI is InChI=1S/C59H45NSi/c1-59(2)55-34-20-19-29-49(55)50-40-39-45(41-56(50)59)60(44-37-35-43(36-38-44)42-21-7-3-8-22-42)57-51-30-15-17-32-53(51)58(54-33-18-16-31-52(54)57)61(46-23-9-4-10-24-46,47-25-11-5-12-26-47)48-27-13-6-14-28-48/h3-41H,1-2H3. The fourth-order valence-electron chi connectivity index (χ4n) is 10.4. The van der Waals surface area contributed by atoms with Gasteiger partial charge in [0.05, 0.1) is 5.69 Å². The molecule has 1 aliphatic carbocycles. The largest absolute Gasteiger partial charge is 0.309 e. The molecule has 61 heavy (non-hydrogen) atoms. The molecule has 0 amide bonds. The van der Waals surface area contributed by atoms with Crippen molar-refractivity contribution in [3.05, 3.63) is 248 Å². The SMILES string of the molecule is CC1(C)c2ccccc2-c2ccc(N(c3ccc(-c4ccccc4)cc3)c3c4ccccc4c([Si](c4ccccc4)(c4ccccc4)c4ccccc4)c4ccccc34)cc21. The van der Waals surface area contributed by atoms with Crippen LogP contribution in [0.15, 0.2) is 237 Å². The van der Waals surface area contributed by atoms with Gasteiger partial charge in [-0.05, 0) is 89.2 Å². The van der Waals surface area contributed by atoms with Crippen LogP contribution in [-0.4, -0.2) is 8.07 Å². The number of rotatable bonds is 8. The third kappa shape index (κ3) is 5.82. The molecule has 0 unspecified atom stereocenters. The Labute approximate surface area is 359 Å². The zero-order chi connectivity index (χ0) is 41.0. The molecular weight excluding hydrogens is 751 g/mol. The summed E-state index contributed by atoms with van der Waals surface area (Å²) < 4.78 is 0. The van der Waals surface area contributed by atoms with E-state index in [1.807, 2.05) is 0 Å². The van der Waals surface area contributed by atoms with Gasteiger partial charge in [0.15, 0.2) is 8.07 Å². The molecule has 0 N–H and O–H groups in total. The monoisotopic (exact) mass is 795 g/mol. The summed E-state index contributed by atoms with van der Waals surface area (Å²) in [5.41, 5.74) is 11.1. The van der Waals surface area contributed by atoms with E-state index >= 15 is 0 Å². The molecule has 290 valence electrons. The number of fused-ring (bicyclic) bond motifs is 5. The quantitative estimate of drug-likeness (QED) is 0.0841. The highest BCUT2D eigenvalue weighted by Crippen LogP contribution is 2.52. The minimum absolute atomic E-state index is 0.148. The van der Waals surface area contributed by atoms with Crippen LogP contribution in [0.3, 0.4) is 0 Å². The molecule has 0 atom stereocenters. The lowest BCUT2D eigenvalue weighted by atomic mass is 9.82. The van der Waals surface area contributed by atoms with Crippen molar-refractivity contribution in [2.24, 2.45) is 0 Å². The normalized spacial score (nSPS) is 12.9. The van der Waals surface area contributed by atoms with Crippen LogP contribution in [0.5, 0.6) is 0 Å². The van der Waals surface area contributed by atoms with Gasteiger partial charge in [-0.15, -0.1) is 0 Å². The van der Waals surface area contributed by atoms with Crippen LogP contribution in [0.2, 0.25) is 0 Å². The van der Waals surface area contributed by atoms with Crippen molar-refractivity contribution >= 4 is 67.4 Å². The van der Waals surface area contributed by atoms with Crippen molar-refractivity contribution in [1.29, 1.82) is 0 Å². The van der Waals surface area contributed by atoms with Crippen molar-refractivity contribution in [2.45, 2.75) is 19.3 Å². The molecule has 0 radical (unpaired) electrons. The Morgan fingerprint density at radius 3 is 1.30 bits per heavy atom. The number of hydrogen-bond acceptors (Lipinski definition) is 1. The smallest absolute Gasteiger partial charge is 0.180 e. The van der Waals surface area contributed by atoms with Crippen molar-refractivity contribution in [1.82, 2.24) is 0 Å². The van der Waals surface area contributed by atoms with E-state index in [9.17, 15) is 0 Å². The first-order valence-electron chi connectivity index (χ1n) is 21.4. The second-order valence-electron chi connectivity index (χ2n) is 16.8. The van der Waals surface area contributed by atoms with E-state index in [-0.39, 0.29) is 5.41 Å². The summed E-state index contributed by atoms with van der Waals surface area (Å²) in [6, 6.07) is 88.4. The fraction of sp³-hybridized carbons (Fsp3) is 0.0508. The molecule has 10 aromatic rings. The highest BCUT2D eigenvalue weighted by Gasteiger charge is 2.44. The number of hydrogen-bond donors (Lipinski definition) is 0. The van der Waals surface area contributed by atoms with Crippen LogP contribution < -0.4 is 25.6 Å². The molecule has 0 bridgehead atoms. The molecule has 1 aliphatic rings. The number of anilines is 3. The summed E-state index contributed by atoms with van der Waals surface area (Å²) >= 11 is 0. The van der Waals surface area contributed by atoms with E-state index in [2.05, 4.69) is 255 Å².